The van der Waals surface area contributed by atoms with E-state index >= 15 is 0 Å². The van der Waals surface area contributed by atoms with Crippen LogP contribution in [0.3, 0.4) is 0 Å². The number of carbonyl (C=O) groups is 1. The van der Waals surface area contributed by atoms with Crippen molar-refractivity contribution >= 4 is 11.6 Å². The third-order valence-corrected chi connectivity index (χ3v) is 6.48. The lowest BCUT2D eigenvalue weighted by Crippen LogP contribution is -2.30. The molecule has 0 bridgehead atoms. The fourth-order valence-electron chi connectivity index (χ4n) is 4.39. The summed E-state index contributed by atoms with van der Waals surface area (Å²) in [6.45, 7) is 1.90. The molecule has 2 heterocycles. The lowest BCUT2D eigenvalue weighted by atomic mass is 10.0. The number of unbranched alkanes of at least 4 members (excludes halogenated alkanes) is 12. The van der Waals surface area contributed by atoms with Crippen molar-refractivity contribution in [1.82, 2.24) is 9.55 Å². The zero-order chi connectivity index (χ0) is 24.1. The lowest BCUT2D eigenvalue weighted by Gasteiger charge is -2.16. The number of anilines is 1. The SMILES string of the molecule is CCCCCCCCCCCCCCCC(=O)c1cn([C@H]2C[C@H](O)[C@@H](CO)O2)c(=O)nc1N. The van der Waals surface area contributed by atoms with E-state index in [4.69, 9.17) is 10.5 Å². The van der Waals surface area contributed by atoms with Crippen LogP contribution < -0.4 is 11.4 Å². The van der Waals surface area contributed by atoms with Crippen molar-refractivity contribution < 1.29 is 19.7 Å². The van der Waals surface area contributed by atoms with E-state index in [1.54, 1.807) is 0 Å². The van der Waals surface area contributed by atoms with Crippen LogP contribution in [0.25, 0.3) is 0 Å². The van der Waals surface area contributed by atoms with Gasteiger partial charge in [-0.25, -0.2) is 4.79 Å². The molecule has 1 aromatic heterocycles. The van der Waals surface area contributed by atoms with Gasteiger partial charge in [0.15, 0.2) is 5.78 Å². The van der Waals surface area contributed by atoms with Crippen LogP contribution in [0, 0.1) is 0 Å². The number of Topliss-reactive ketones (excluding diaryl/α,β-unsaturated/α-hetero) is 1. The molecule has 4 N–H and O–H groups in total. The number of ether oxygens (including phenoxy) is 1. The predicted octanol–water partition coefficient (Wildman–Crippen LogP) is 4.13. The highest BCUT2D eigenvalue weighted by Gasteiger charge is 2.35. The van der Waals surface area contributed by atoms with Gasteiger partial charge in [-0.1, -0.05) is 84.0 Å². The second-order valence-corrected chi connectivity index (χ2v) is 9.26. The maximum atomic E-state index is 12.7. The van der Waals surface area contributed by atoms with Crippen molar-refractivity contribution in [2.75, 3.05) is 12.3 Å². The summed E-state index contributed by atoms with van der Waals surface area (Å²) in [6, 6.07) is 0. The van der Waals surface area contributed by atoms with E-state index in [1.165, 1.54) is 75.0 Å². The average molecular weight is 466 g/mol. The molecule has 188 valence electrons. The van der Waals surface area contributed by atoms with Crippen LogP contribution in [-0.2, 0) is 4.74 Å². The Bertz CT molecular complexity index is 767. The Hall–Kier alpha value is -1.77. The van der Waals surface area contributed by atoms with Crippen molar-refractivity contribution in [3.63, 3.8) is 0 Å². The molecule has 0 saturated carbocycles. The first-order valence-corrected chi connectivity index (χ1v) is 12.8. The number of hydrogen-bond donors (Lipinski definition) is 3. The second-order valence-electron chi connectivity index (χ2n) is 9.26. The summed E-state index contributed by atoms with van der Waals surface area (Å²) < 4.78 is 6.70. The normalized spacial score (nSPS) is 20.4. The number of rotatable bonds is 17. The third kappa shape index (κ3) is 9.18. The molecule has 2 rings (SSSR count). The fraction of sp³-hybridized carbons (Fsp3) is 0.800. The van der Waals surface area contributed by atoms with Gasteiger partial charge in [-0.3, -0.25) is 9.36 Å². The van der Waals surface area contributed by atoms with E-state index in [0.717, 1.165) is 19.3 Å². The van der Waals surface area contributed by atoms with Gasteiger partial charge in [-0.05, 0) is 6.42 Å². The average Bonchev–Trinajstić information content (AvgIpc) is 3.17. The Labute approximate surface area is 197 Å². The number of ketones is 1. The van der Waals surface area contributed by atoms with E-state index < -0.39 is 24.1 Å². The minimum absolute atomic E-state index is 0.0757. The summed E-state index contributed by atoms with van der Waals surface area (Å²) in [5.74, 6) is -0.220. The highest BCUT2D eigenvalue weighted by Crippen LogP contribution is 2.28. The Balaban J connectivity index is 1.66. The van der Waals surface area contributed by atoms with E-state index in [1.807, 2.05) is 0 Å². The summed E-state index contributed by atoms with van der Waals surface area (Å²) in [5.41, 5.74) is 5.41. The third-order valence-electron chi connectivity index (χ3n) is 6.48. The highest BCUT2D eigenvalue weighted by atomic mass is 16.5. The molecule has 3 atom stereocenters. The number of aliphatic hydroxyl groups is 2. The molecule has 0 unspecified atom stereocenters. The molecule has 1 saturated heterocycles. The van der Waals surface area contributed by atoms with E-state index in [2.05, 4.69) is 11.9 Å². The Morgan fingerprint density at radius 2 is 1.61 bits per heavy atom. The molecule has 0 amide bonds. The molecule has 1 aromatic rings. The standard InChI is InChI=1S/C25H43N3O5/c1-2-3-4-5-6-7-8-9-10-11-12-13-14-15-20(30)19-17-28(25(32)27-24(19)26)23-16-21(31)22(18-29)33-23/h17,21-23,29,31H,2-16,18H2,1H3,(H2,26,27,32)/t21-,22+,23+/m0/s1. The molecular weight excluding hydrogens is 422 g/mol. The molecule has 0 aliphatic carbocycles. The van der Waals surface area contributed by atoms with Crippen LogP contribution in [0.1, 0.15) is 120 Å². The minimum atomic E-state index is -0.880. The molecule has 33 heavy (non-hydrogen) atoms. The largest absolute Gasteiger partial charge is 0.394 e. The first kappa shape index (κ1) is 27.5. The first-order chi connectivity index (χ1) is 16.0. The summed E-state index contributed by atoms with van der Waals surface area (Å²) in [4.78, 5) is 28.7. The van der Waals surface area contributed by atoms with Crippen LogP contribution in [0.4, 0.5) is 5.82 Å². The summed E-state index contributed by atoms with van der Waals surface area (Å²) >= 11 is 0. The zero-order valence-corrected chi connectivity index (χ0v) is 20.2. The number of aliphatic hydroxyl groups excluding tert-OH is 2. The Morgan fingerprint density at radius 1 is 1.06 bits per heavy atom. The summed E-state index contributed by atoms with van der Waals surface area (Å²) in [5, 5.41) is 19.2. The quantitative estimate of drug-likeness (QED) is 0.233. The predicted molar refractivity (Wildman–Crippen MR) is 129 cm³/mol. The maximum Gasteiger partial charge on any atom is 0.351 e. The van der Waals surface area contributed by atoms with Gasteiger partial charge < -0.3 is 20.7 Å². The summed E-state index contributed by atoms with van der Waals surface area (Å²) in [7, 11) is 0. The van der Waals surface area contributed by atoms with E-state index in [-0.39, 0.29) is 30.2 Å². The van der Waals surface area contributed by atoms with Crippen molar-refractivity contribution in [3.8, 4) is 0 Å². The molecule has 8 nitrogen and oxygen atoms in total. The van der Waals surface area contributed by atoms with Crippen LogP contribution in [0.5, 0.6) is 0 Å². The van der Waals surface area contributed by atoms with Crippen LogP contribution >= 0.6 is 0 Å². The van der Waals surface area contributed by atoms with Gasteiger partial charge in [0.05, 0.1) is 18.3 Å². The van der Waals surface area contributed by atoms with Gasteiger partial charge in [-0.15, -0.1) is 0 Å². The van der Waals surface area contributed by atoms with Crippen molar-refractivity contribution in [3.05, 3.63) is 22.2 Å². The molecule has 0 spiro atoms. The number of carbonyl (C=O) groups excluding carboxylic acids is 1. The molecular formula is C25H43N3O5. The molecule has 1 fully saturated rings. The number of nitrogen functional groups attached to an aromatic ring is 1. The minimum Gasteiger partial charge on any atom is -0.394 e. The topological polar surface area (TPSA) is 128 Å². The highest BCUT2D eigenvalue weighted by molar-refractivity contribution is 5.99. The zero-order valence-electron chi connectivity index (χ0n) is 20.2. The van der Waals surface area contributed by atoms with Crippen molar-refractivity contribution in [2.45, 2.75) is 122 Å². The first-order valence-electron chi connectivity index (χ1n) is 12.8. The van der Waals surface area contributed by atoms with Gasteiger partial charge in [0.2, 0.25) is 0 Å². The van der Waals surface area contributed by atoms with Gasteiger partial charge in [0, 0.05) is 19.0 Å². The molecule has 0 aromatic carbocycles. The smallest absolute Gasteiger partial charge is 0.351 e. The molecule has 8 heteroatoms. The Morgan fingerprint density at radius 3 is 2.12 bits per heavy atom. The number of hydrogen-bond acceptors (Lipinski definition) is 7. The van der Waals surface area contributed by atoms with Crippen molar-refractivity contribution in [1.29, 1.82) is 0 Å². The maximum absolute atomic E-state index is 12.7. The molecule has 0 radical (unpaired) electrons. The van der Waals surface area contributed by atoms with Gasteiger partial charge in [0.1, 0.15) is 18.1 Å². The number of aromatic nitrogens is 2. The van der Waals surface area contributed by atoms with Gasteiger partial charge in [-0.2, -0.15) is 4.98 Å². The monoisotopic (exact) mass is 465 g/mol. The summed E-state index contributed by atoms with van der Waals surface area (Å²) in [6.07, 6.45) is 15.6. The van der Waals surface area contributed by atoms with Crippen LogP contribution in [-0.4, -0.2) is 44.4 Å². The van der Waals surface area contributed by atoms with Gasteiger partial charge >= 0.3 is 5.69 Å². The number of nitrogens with two attached hydrogens (primary N) is 1. The molecule has 1 aliphatic heterocycles. The van der Waals surface area contributed by atoms with E-state index in [0.29, 0.717) is 6.42 Å². The molecule has 1 aliphatic rings. The fourth-order valence-corrected chi connectivity index (χ4v) is 4.39. The Kier molecular flexibility index (Phi) is 12.6. The number of nitrogens with zero attached hydrogens (tertiary/aromatic N) is 2. The van der Waals surface area contributed by atoms with Crippen LogP contribution in [0.15, 0.2) is 11.0 Å². The van der Waals surface area contributed by atoms with E-state index in [9.17, 15) is 19.8 Å². The van der Waals surface area contributed by atoms with Gasteiger partial charge in [0.25, 0.3) is 0 Å². The van der Waals surface area contributed by atoms with Crippen LogP contribution in [0.2, 0.25) is 0 Å². The lowest BCUT2D eigenvalue weighted by molar-refractivity contribution is -0.0459. The van der Waals surface area contributed by atoms with Crippen molar-refractivity contribution in [2.24, 2.45) is 0 Å². The second kappa shape index (κ2) is 15.2.